The highest BCUT2D eigenvalue weighted by molar-refractivity contribution is 5.88. The fourth-order valence-corrected chi connectivity index (χ4v) is 0.672. The Hall–Kier alpha value is -1.95. The fourth-order valence-electron chi connectivity index (χ4n) is 0.672. The van der Waals surface area contributed by atoms with Gasteiger partial charge >= 0.3 is 5.97 Å². The molecule has 0 aliphatic carbocycles. The number of nitrogens with two attached hydrogens (primary N) is 1. The van der Waals surface area contributed by atoms with Gasteiger partial charge in [0.25, 0.3) is 0 Å². The molecule has 0 bridgehead atoms. The summed E-state index contributed by atoms with van der Waals surface area (Å²) in [7, 11) is 0. The van der Waals surface area contributed by atoms with E-state index in [1.807, 2.05) is 0 Å². The zero-order chi connectivity index (χ0) is 10.3. The van der Waals surface area contributed by atoms with Crippen LogP contribution < -0.4 is 5.73 Å². The van der Waals surface area contributed by atoms with Crippen LogP contribution >= 0.6 is 0 Å². The van der Waals surface area contributed by atoms with Crippen molar-refractivity contribution in [1.82, 2.24) is 0 Å². The van der Waals surface area contributed by atoms with Gasteiger partial charge in [0.1, 0.15) is 0 Å². The second kappa shape index (κ2) is 5.67. The number of benzene rings is 1. The van der Waals surface area contributed by atoms with E-state index in [0.29, 0.717) is 5.69 Å². The van der Waals surface area contributed by atoms with Gasteiger partial charge in [-0.3, -0.25) is 0 Å². The number of nitrogen functional groups attached to an aromatic ring is 1. The standard InChI is InChI=1S/C7H7NO2.C3H4/c8-6-3-1-2-5(4-6)7(9)10;1-3-2/h1-4H,8H2,(H,9,10);1H,2H3. The Balaban J connectivity index is 0.000000424. The zero-order valence-corrected chi connectivity index (χ0v) is 7.32. The first kappa shape index (κ1) is 11.1. The first-order chi connectivity index (χ1) is 6.11. The summed E-state index contributed by atoms with van der Waals surface area (Å²) in [6.07, 6.45) is 4.60. The minimum Gasteiger partial charge on any atom is -0.478 e. The lowest BCUT2D eigenvalue weighted by molar-refractivity contribution is 0.0697. The number of hydrogen-bond acceptors (Lipinski definition) is 2. The summed E-state index contributed by atoms with van der Waals surface area (Å²) in [6, 6.07) is 6.17. The highest BCUT2D eigenvalue weighted by atomic mass is 16.4. The van der Waals surface area contributed by atoms with Gasteiger partial charge in [-0.2, -0.15) is 0 Å². The third-order valence-corrected chi connectivity index (χ3v) is 1.13. The molecule has 3 N–H and O–H groups in total. The molecule has 1 aromatic rings. The van der Waals surface area contributed by atoms with Gasteiger partial charge in [0.05, 0.1) is 5.56 Å². The summed E-state index contributed by atoms with van der Waals surface area (Å²) >= 11 is 0. The summed E-state index contributed by atoms with van der Waals surface area (Å²) < 4.78 is 0. The Morgan fingerprint density at radius 2 is 2.15 bits per heavy atom. The molecule has 0 amide bonds. The number of rotatable bonds is 1. The first-order valence-corrected chi connectivity index (χ1v) is 3.58. The molecule has 0 aromatic heterocycles. The molecule has 0 saturated heterocycles. The monoisotopic (exact) mass is 177 g/mol. The molecule has 1 aromatic carbocycles. The summed E-state index contributed by atoms with van der Waals surface area (Å²) in [5.74, 6) is 1.30. The van der Waals surface area contributed by atoms with E-state index in [0.717, 1.165) is 0 Å². The zero-order valence-electron chi connectivity index (χ0n) is 7.32. The van der Waals surface area contributed by atoms with E-state index in [1.54, 1.807) is 19.1 Å². The van der Waals surface area contributed by atoms with Crippen LogP contribution in [0, 0.1) is 12.3 Å². The first-order valence-electron chi connectivity index (χ1n) is 3.58. The molecule has 0 aliphatic rings. The molecule has 68 valence electrons. The number of carbonyl (C=O) groups is 1. The number of aromatic carboxylic acids is 1. The van der Waals surface area contributed by atoms with Crippen LogP contribution in [0.4, 0.5) is 5.69 Å². The van der Waals surface area contributed by atoms with E-state index in [1.165, 1.54) is 12.1 Å². The third-order valence-electron chi connectivity index (χ3n) is 1.13. The summed E-state index contributed by atoms with van der Waals surface area (Å²) in [5.41, 5.74) is 6.03. The highest BCUT2D eigenvalue weighted by Crippen LogP contribution is 2.05. The van der Waals surface area contributed by atoms with Gasteiger partial charge in [0.15, 0.2) is 0 Å². The van der Waals surface area contributed by atoms with Crippen molar-refractivity contribution in [3.05, 3.63) is 29.8 Å². The van der Waals surface area contributed by atoms with Gasteiger partial charge in [-0.25, -0.2) is 4.79 Å². The molecule has 3 heteroatoms. The van der Waals surface area contributed by atoms with Gasteiger partial charge in [0.2, 0.25) is 0 Å². The molecule has 0 aliphatic heterocycles. The van der Waals surface area contributed by atoms with Crippen molar-refractivity contribution in [2.75, 3.05) is 5.73 Å². The van der Waals surface area contributed by atoms with Crippen molar-refractivity contribution in [3.63, 3.8) is 0 Å². The molecule has 0 heterocycles. The fraction of sp³-hybridized carbons (Fsp3) is 0.100. The molecule has 0 unspecified atom stereocenters. The lowest BCUT2D eigenvalue weighted by Crippen LogP contribution is -1.96. The van der Waals surface area contributed by atoms with Gasteiger partial charge < -0.3 is 10.8 Å². The van der Waals surface area contributed by atoms with Crippen LogP contribution in [0.2, 0.25) is 0 Å². The maximum Gasteiger partial charge on any atom is 0.335 e. The van der Waals surface area contributed by atoms with Crippen LogP contribution in [0.1, 0.15) is 17.3 Å². The molecule has 1 rings (SSSR count). The smallest absolute Gasteiger partial charge is 0.335 e. The number of carboxylic acids is 1. The number of hydrogen-bond donors (Lipinski definition) is 2. The van der Waals surface area contributed by atoms with Crippen LogP contribution in [-0.2, 0) is 0 Å². The predicted octanol–water partition coefficient (Wildman–Crippen LogP) is 1.61. The molecule has 3 nitrogen and oxygen atoms in total. The second-order valence-electron chi connectivity index (χ2n) is 2.22. The number of anilines is 1. The maximum absolute atomic E-state index is 10.3. The van der Waals surface area contributed by atoms with Crippen molar-refractivity contribution >= 4 is 11.7 Å². The number of terminal acetylenes is 1. The van der Waals surface area contributed by atoms with Crippen LogP contribution in [0.5, 0.6) is 0 Å². The van der Waals surface area contributed by atoms with Gasteiger partial charge in [-0.1, -0.05) is 6.07 Å². The van der Waals surface area contributed by atoms with Crippen LogP contribution in [0.15, 0.2) is 24.3 Å². The molecule has 0 fully saturated rings. The summed E-state index contributed by atoms with van der Waals surface area (Å²) in [4.78, 5) is 10.3. The minimum atomic E-state index is -0.952. The Kier molecular flexibility index (Phi) is 4.82. The van der Waals surface area contributed by atoms with Crippen LogP contribution in [0.25, 0.3) is 0 Å². The van der Waals surface area contributed by atoms with Gasteiger partial charge in [-0.05, 0) is 25.1 Å². The van der Waals surface area contributed by atoms with Crippen molar-refractivity contribution < 1.29 is 9.90 Å². The average Bonchev–Trinajstić information content (AvgIpc) is 2.05. The summed E-state index contributed by atoms with van der Waals surface area (Å²) in [6.45, 7) is 1.65. The quantitative estimate of drug-likeness (QED) is 0.506. The SMILES string of the molecule is C#CC.Nc1cccc(C(=O)O)c1. The molecule has 13 heavy (non-hydrogen) atoms. The van der Waals surface area contributed by atoms with Crippen molar-refractivity contribution in [2.45, 2.75) is 6.92 Å². The van der Waals surface area contributed by atoms with E-state index >= 15 is 0 Å². The van der Waals surface area contributed by atoms with E-state index in [9.17, 15) is 4.79 Å². The summed E-state index contributed by atoms with van der Waals surface area (Å²) in [5, 5.41) is 8.45. The predicted molar refractivity (Wildman–Crippen MR) is 52.3 cm³/mol. The molecule has 0 saturated carbocycles. The Morgan fingerprint density at radius 1 is 1.62 bits per heavy atom. The van der Waals surface area contributed by atoms with Crippen molar-refractivity contribution in [1.29, 1.82) is 0 Å². The number of carboxylic acid groups (broad SMARTS) is 1. The van der Waals surface area contributed by atoms with Gasteiger partial charge in [0, 0.05) is 5.69 Å². The van der Waals surface area contributed by atoms with Crippen molar-refractivity contribution in [2.24, 2.45) is 0 Å². The van der Waals surface area contributed by atoms with E-state index < -0.39 is 5.97 Å². The Morgan fingerprint density at radius 3 is 2.46 bits per heavy atom. The van der Waals surface area contributed by atoms with E-state index in [4.69, 9.17) is 10.8 Å². The Labute approximate surface area is 77.2 Å². The highest BCUT2D eigenvalue weighted by Gasteiger charge is 1.99. The molecular weight excluding hydrogens is 166 g/mol. The van der Waals surface area contributed by atoms with Crippen molar-refractivity contribution in [3.8, 4) is 12.3 Å². The Bertz CT molecular complexity index is 326. The minimum absolute atomic E-state index is 0.222. The lowest BCUT2D eigenvalue weighted by atomic mass is 10.2. The lowest BCUT2D eigenvalue weighted by Gasteiger charge is -1.93. The van der Waals surface area contributed by atoms with E-state index in [2.05, 4.69) is 12.3 Å². The maximum atomic E-state index is 10.3. The third kappa shape index (κ3) is 4.49. The molecular formula is C10H11NO2. The molecule has 0 spiro atoms. The second-order valence-corrected chi connectivity index (χ2v) is 2.22. The van der Waals surface area contributed by atoms with Crippen LogP contribution in [-0.4, -0.2) is 11.1 Å². The van der Waals surface area contributed by atoms with Gasteiger partial charge in [-0.15, -0.1) is 12.3 Å². The average molecular weight is 177 g/mol. The van der Waals surface area contributed by atoms with E-state index in [-0.39, 0.29) is 5.56 Å². The van der Waals surface area contributed by atoms with Crippen LogP contribution in [0.3, 0.4) is 0 Å². The topological polar surface area (TPSA) is 63.3 Å². The normalized spacial score (nSPS) is 7.69. The molecule has 0 atom stereocenters. The largest absolute Gasteiger partial charge is 0.478 e. The molecule has 0 radical (unpaired) electrons.